The zero-order valence-electron chi connectivity index (χ0n) is 14.4. The maximum atomic E-state index is 3.87. The molecule has 0 unspecified atom stereocenters. The summed E-state index contributed by atoms with van der Waals surface area (Å²) in [6, 6.07) is 0. The van der Waals surface area contributed by atoms with Gasteiger partial charge in [-0.25, -0.2) is 0 Å². The fraction of sp³-hybridized carbons (Fsp3) is 0.556. The van der Waals surface area contributed by atoms with Crippen LogP contribution in [0.25, 0.3) is 0 Å². The molecule has 0 radical (unpaired) electrons. The summed E-state index contributed by atoms with van der Waals surface area (Å²) in [5.74, 6) is 0. The Hall–Kier alpha value is -0.160. The first-order valence-electron chi connectivity index (χ1n) is 7.56. The van der Waals surface area contributed by atoms with Gasteiger partial charge in [0.2, 0.25) is 0 Å². The van der Waals surface area contributed by atoms with E-state index in [0.717, 1.165) is 35.1 Å². The van der Waals surface area contributed by atoms with Crippen LogP contribution in [0.1, 0.15) is 12.8 Å². The Morgan fingerprint density at radius 3 is 1.00 bits per heavy atom. The van der Waals surface area contributed by atoms with Crippen molar-refractivity contribution in [2.45, 2.75) is 12.8 Å². The Morgan fingerprint density at radius 1 is 0.591 bits per heavy atom. The van der Waals surface area contributed by atoms with Crippen molar-refractivity contribution in [3.05, 3.63) is 50.6 Å². The van der Waals surface area contributed by atoms with Crippen LogP contribution < -0.4 is 34.0 Å². The molecule has 0 aromatic rings. The van der Waals surface area contributed by atoms with Gasteiger partial charge in [0.25, 0.3) is 0 Å². The molecule has 0 amide bonds. The predicted octanol–water partition coefficient (Wildman–Crippen LogP) is -2.59. The van der Waals surface area contributed by atoms with Crippen molar-refractivity contribution >= 4 is 0 Å². The van der Waals surface area contributed by atoms with Crippen molar-refractivity contribution in [3.63, 3.8) is 0 Å². The quantitative estimate of drug-likeness (QED) is 0.168. The summed E-state index contributed by atoms with van der Waals surface area (Å²) in [7, 11) is 4.57. The Labute approximate surface area is 159 Å². The van der Waals surface area contributed by atoms with E-state index in [1.54, 1.807) is 0 Å². The number of nitrogens with zero attached hydrogens (tertiary/aromatic N) is 2. The molecule has 0 fully saturated rings. The number of quaternary nitrogens is 2. The van der Waals surface area contributed by atoms with E-state index in [0.29, 0.717) is 0 Å². The fourth-order valence-corrected chi connectivity index (χ4v) is 2.75. The molecule has 0 spiro atoms. The minimum absolute atomic E-state index is 0. The maximum Gasteiger partial charge on any atom is 0.0971 e. The van der Waals surface area contributed by atoms with Crippen LogP contribution in [0.15, 0.2) is 50.6 Å². The molecule has 0 saturated carbocycles. The second-order valence-corrected chi connectivity index (χ2v) is 6.28. The van der Waals surface area contributed by atoms with Gasteiger partial charge in [0.05, 0.1) is 53.4 Å². The minimum Gasteiger partial charge on any atom is -1.00 e. The summed E-state index contributed by atoms with van der Waals surface area (Å²) >= 11 is 0. The Bertz CT molecular complexity index is 275. The first-order chi connectivity index (χ1) is 9.45. The number of hydrogen-bond acceptors (Lipinski definition) is 0. The maximum absolute atomic E-state index is 3.87. The zero-order chi connectivity index (χ0) is 15.5. The lowest BCUT2D eigenvalue weighted by atomic mass is 10.2. The van der Waals surface area contributed by atoms with E-state index < -0.39 is 0 Å². The average molecular weight is 438 g/mol. The topological polar surface area (TPSA) is 0 Å². The lowest BCUT2D eigenvalue weighted by molar-refractivity contribution is -0.904. The molecule has 0 aromatic carbocycles. The second kappa shape index (κ2) is 14.4. The monoisotopic (exact) mass is 436 g/mol. The van der Waals surface area contributed by atoms with Crippen molar-refractivity contribution < 1.29 is 42.9 Å². The smallest absolute Gasteiger partial charge is 0.0971 e. The molecule has 2 nitrogen and oxygen atoms in total. The number of likely N-dealkylation sites (N-methyl/N-ethyl adjacent to an activating group) is 2. The predicted molar refractivity (Wildman–Crippen MR) is 91.6 cm³/mol. The van der Waals surface area contributed by atoms with Gasteiger partial charge in [-0.3, -0.25) is 0 Å². The largest absolute Gasteiger partial charge is 1.00 e. The second-order valence-electron chi connectivity index (χ2n) is 6.28. The van der Waals surface area contributed by atoms with E-state index in [1.165, 1.54) is 25.9 Å². The summed E-state index contributed by atoms with van der Waals surface area (Å²) < 4.78 is 2.03. The molecule has 0 aromatic heterocycles. The fourth-order valence-electron chi connectivity index (χ4n) is 2.75. The lowest BCUT2D eigenvalue weighted by Gasteiger charge is -2.34. The molecule has 0 rings (SSSR count). The average Bonchev–Trinajstić information content (AvgIpc) is 2.36. The van der Waals surface area contributed by atoms with Gasteiger partial charge in [0, 0.05) is 12.8 Å². The highest BCUT2D eigenvalue weighted by atomic mass is 79.9. The van der Waals surface area contributed by atoms with Crippen LogP contribution in [0.5, 0.6) is 0 Å². The van der Waals surface area contributed by atoms with Crippen LogP contribution in [-0.2, 0) is 0 Å². The third-order valence-electron chi connectivity index (χ3n) is 3.93. The highest BCUT2D eigenvalue weighted by Crippen LogP contribution is 2.10. The summed E-state index contributed by atoms with van der Waals surface area (Å²) in [6.45, 7) is 21.9. The third kappa shape index (κ3) is 11.4. The molecule has 0 atom stereocenters. The summed E-state index contributed by atoms with van der Waals surface area (Å²) in [5.41, 5.74) is 0. The van der Waals surface area contributed by atoms with Crippen LogP contribution in [0, 0.1) is 0 Å². The van der Waals surface area contributed by atoms with E-state index in [-0.39, 0.29) is 34.0 Å². The SMILES string of the molecule is C=CC[N+](C)(CC=C)CCCC[N+](C)(CC=C)CC=C.[Br-].[Br-]. The van der Waals surface area contributed by atoms with Crippen LogP contribution in [0.3, 0.4) is 0 Å². The van der Waals surface area contributed by atoms with Crippen molar-refractivity contribution in [3.8, 4) is 0 Å². The zero-order valence-corrected chi connectivity index (χ0v) is 17.6. The molecule has 0 N–H and O–H groups in total. The Kier molecular flexibility index (Phi) is 17.5. The van der Waals surface area contributed by atoms with Gasteiger partial charge in [-0.2, -0.15) is 0 Å². The molecule has 0 saturated heterocycles. The molecule has 0 bridgehead atoms. The molecule has 130 valence electrons. The van der Waals surface area contributed by atoms with Crippen LogP contribution in [0.2, 0.25) is 0 Å². The van der Waals surface area contributed by atoms with E-state index in [9.17, 15) is 0 Å². The first-order valence-corrected chi connectivity index (χ1v) is 7.56. The van der Waals surface area contributed by atoms with E-state index in [2.05, 4.69) is 40.4 Å². The van der Waals surface area contributed by atoms with Crippen LogP contribution in [0.4, 0.5) is 0 Å². The highest BCUT2D eigenvalue weighted by Gasteiger charge is 2.20. The standard InChI is InChI=1S/C18H34N2.2BrH/c1-7-13-19(5,14-8-2)17-11-12-18-20(6,15-9-3)16-10-4;;/h7-10H,1-4,11-18H2,5-6H3;2*1H/q+2;;/p-2. The van der Waals surface area contributed by atoms with Crippen LogP contribution in [-0.4, -0.2) is 62.3 Å². The normalized spacial score (nSPS) is 10.8. The van der Waals surface area contributed by atoms with E-state index in [4.69, 9.17) is 0 Å². The van der Waals surface area contributed by atoms with Gasteiger partial charge in [-0.05, 0) is 24.3 Å². The molecule has 0 aliphatic carbocycles. The van der Waals surface area contributed by atoms with Gasteiger partial charge in [-0.15, -0.1) is 0 Å². The molecule has 0 aliphatic rings. The van der Waals surface area contributed by atoms with Gasteiger partial charge < -0.3 is 42.9 Å². The van der Waals surface area contributed by atoms with E-state index in [1.807, 2.05) is 24.3 Å². The van der Waals surface area contributed by atoms with Gasteiger partial charge in [-0.1, -0.05) is 26.3 Å². The van der Waals surface area contributed by atoms with Crippen molar-refractivity contribution in [1.82, 2.24) is 0 Å². The van der Waals surface area contributed by atoms with Crippen molar-refractivity contribution in [2.75, 3.05) is 53.4 Å². The lowest BCUT2D eigenvalue weighted by Crippen LogP contribution is -3.00. The van der Waals surface area contributed by atoms with Gasteiger partial charge in [0.15, 0.2) is 0 Å². The van der Waals surface area contributed by atoms with Crippen molar-refractivity contribution in [1.29, 1.82) is 0 Å². The number of unbranched alkanes of at least 4 members (excludes halogenated alkanes) is 1. The number of hydrogen-bond donors (Lipinski definition) is 0. The molecule has 0 aliphatic heterocycles. The summed E-state index contributed by atoms with van der Waals surface area (Å²) in [4.78, 5) is 0. The highest BCUT2D eigenvalue weighted by molar-refractivity contribution is 4.72. The third-order valence-corrected chi connectivity index (χ3v) is 3.93. The summed E-state index contributed by atoms with van der Waals surface area (Å²) in [5, 5.41) is 0. The summed E-state index contributed by atoms with van der Waals surface area (Å²) in [6.07, 6.45) is 10.5. The Balaban J connectivity index is -0.00000180. The van der Waals surface area contributed by atoms with E-state index >= 15 is 0 Å². The van der Waals surface area contributed by atoms with Gasteiger partial charge >= 0.3 is 0 Å². The molecule has 4 heteroatoms. The number of rotatable bonds is 13. The Morgan fingerprint density at radius 2 is 0.818 bits per heavy atom. The van der Waals surface area contributed by atoms with Crippen LogP contribution >= 0.6 is 0 Å². The molecule has 0 heterocycles. The van der Waals surface area contributed by atoms with Crippen molar-refractivity contribution in [2.24, 2.45) is 0 Å². The first kappa shape index (κ1) is 26.7. The molecule has 22 heavy (non-hydrogen) atoms. The molecular weight excluding hydrogens is 404 g/mol. The number of halogens is 2. The molecular formula is C18H34Br2N2. The van der Waals surface area contributed by atoms with Gasteiger partial charge in [0.1, 0.15) is 0 Å². The minimum atomic E-state index is 0.